The molecule has 0 bridgehead atoms. The fourth-order valence-electron chi connectivity index (χ4n) is 1.42. The van der Waals surface area contributed by atoms with Crippen LogP contribution >= 0.6 is 0 Å². The summed E-state index contributed by atoms with van der Waals surface area (Å²) in [5.74, 6) is 0. The van der Waals surface area contributed by atoms with Gasteiger partial charge in [-0.3, -0.25) is 0 Å². The van der Waals surface area contributed by atoms with Gasteiger partial charge in [-0.25, -0.2) is 0 Å². The lowest BCUT2D eigenvalue weighted by Crippen LogP contribution is -2.22. The molecule has 0 radical (unpaired) electrons. The fraction of sp³-hybridized carbons (Fsp3) is 0.308. The molecule has 1 nitrogen and oxygen atoms in total. The Morgan fingerprint density at radius 3 is 2.43 bits per heavy atom. The van der Waals surface area contributed by atoms with Crippen molar-refractivity contribution in [2.45, 2.75) is 25.7 Å². The van der Waals surface area contributed by atoms with Gasteiger partial charge >= 0.3 is 0 Å². The van der Waals surface area contributed by atoms with Gasteiger partial charge in [-0.2, -0.15) is 0 Å². The predicted molar refractivity (Wildman–Crippen MR) is 59.3 cm³/mol. The molecular formula is C13H16O. The van der Waals surface area contributed by atoms with E-state index in [0.29, 0.717) is 0 Å². The van der Waals surface area contributed by atoms with E-state index in [9.17, 15) is 4.79 Å². The summed E-state index contributed by atoms with van der Waals surface area (Å²) in [5, 5.41) is 0. The SMILES string of the molecule is C/C=C/C[C@@](C)(C=O)c1ccccc1. The Hall–Kier alpha value is -1.37. The first-order valence-corrected chi connectivity index (χ1v) is 4.86. The molecule has 1 atom stereocenters. The maximum Gasteiger partial charge on any atom is 0.130 e. The summed E-state index contributed by atoms with van der Waals surface area (Å²) < 4.78 is 0. The summed E-state index contributed by atoms with van der Waals surface area (Å²) in [4.78, 5) is 11.1. The molecule has 1 rings (SSSR count). The van der Waals surface area contributed by atoms with Gasteiger partial charge in [0, 0.05) is 0 Å². The van der Waals surface area contributed by atoms with Crippen LogP contribution in [0.25, 0.3) is 0 Å². The van der Waals surface area contributed by atoms with E-state index in [0.717, 1.165) is 18.3 Å². The highest BCUT2D eigenvalue weighted by Crippen LogP contribution is 2.25. The molecule has 1 heteroatoms. The summed E-state index contributed by atoms with van der Waals surface area (Å²) in [7, 11) is 0. The molecule has 0 amide bonds. The molecule has 1 aromatic rings. The van der Waals surface area contributed by atoms with Crippen LogP contribution in [0, 0.1) is 0 Å². The molecule has 0 aromatic heterocycles. The minimum absolute atomic E-state index is 0.381. The topological polar surface area (TPSA) is 17.1 Å². The summed E-state index contributed by atoms with van der Waals surface area (Å²) in [6.45, 7) is 3.94. The summed E-state index contributed by atoms with van der Waals surface area (Å²) in [6.07, 6.45) is 5.80. The van der Waals surface area contributed by atoms with Crippen LogP contribution in [0.3, 0.4) is 0 Å². The number of carbonyl (C=O) groups is 1. The van der Waals surface area contributed by atoms with Crippen molar-refractivity contribution in [3.05, 3.63) is 48.0 Å². The molecular weight excluding hydrogens is 172 g/mol. The molecule has 74 valence electrons. The highest BCUT2D eigenvalue weighted by molar-refractivity contribution is 5.68. The van der Waals surface area contributed by atoms with Gasteiger partial charge in [-0.15, -0.1) is 0 Å². The highest BCUT2D eigenvalue weighted by Gasteiger charge is 2.23. The third-order valence-electron chi connectivity index (χ3n) is 2.47. The van der Waals surface area contributed by atoms with Crippen LogP contribution in [-0.2, 0) is 10.2 Å². The third kappa shape index (κ3) is 2.32. The molecule has 0 saturated carbocycles. The van der Waals surface area contributed by atoms with Crippen molar-refractivity contribution in [3.63, 3.8) is 0 Å². The van der Waals surface area contributed by atoms with Gasteiger partial charge in [0.25, 0.3) is 0 Å². The van der Waals surface area contributed by atoms with Crippen LogP contribution in [0.5, 0.6) is 0 Å². The van der Waals surface area contributed by atoms with Crippen LogP contribution < -0.4 is 0 Å². The summed E-state index contributed by atoms with van der Waals surface area (Å²) >= 11 is 0. The molecule has 0 aliphatic rings. The Bertz CT molecular complexity index is 313. The molecule has 0 N–H and O–H groups in total. The van der Waals surface area contributed by atoms with E-state index >= 15 is 0 Å². The smallest absolute Gasteiger partial charge is 0.130 e. The summed E-state index contributed by atoms with van der Waals surface area (Å²) in [5.41, 5.74) is 0.696. The second kappa shape index (κ2) is 4.75. The Balaban J connectivity index is 2.95. The second-order valence-electron chi connectivity index (χ2n) is 3.67. The number of hydrogen-bond donors (Lipinski definition) is 0. The number of aldehydes is 1. The Morgan fingerprint density at radius 2 is 1.93 bits per heavy atom. The van der Waals surface area contributed by atoms with E-state index in [-0.39, 0.29) is 5.41 Å². The molecule has 0 fully saturated rings. The molecule has 0 spiro atoms. The monoisotopic (exact) mass is 188 g/mol. The lowest BCUT2D eigenvalue weighted by Gasteiger charge is -2.21. The van der Waals surface area contributed by atoms with Gasteiger partial charge in [0.2, 0.25) is 0 Å². The molecule has 0 aliphatic carbocycles. The van der Waals surface area contributed by atoms with Gasteiger partial charge < -0.3 is 4.79 Å². The van der Waals surface area contributed by atoms with E-state index < -0.39 is 0 Å². The molecule has 0 unspecified atom stereocenters. The van der Waals surface area contributed by atoms with Crippen LogP contribution in [-0.4, -0.2) is 6.29 Å². The van der Waals surface area contributed by atoms with Gasteiger partial charge in [0.15, 0.2) is 0 Å². The minimum Gasteiger partial charge on any atom is -0.302 e. The predicted octanol–water partition coefficient (Wildman–Crippen LogP) is 3.11. The lowest BCUT2D eigenvalue weighted by atomic mass is 9.81. The van der Waals surface area contributed by atoms with Crippen LogP contribution in [0.4, 0.5) is 0 Å². The van der Waals surface area contributed by atoms with Crippen molar-refractivity contribution in [1.82, 2.24) is 0 Å². The quantitative estimate of drug-likeness (QED) is 0.524. The number of rotatable bonds is 4. The van der Waals surface area contributed by atoms with E-state index in [1.54, 1.807) is 0 Å². The van der Waals surface area contributed by atoms with E-state index in [1.807, 2.05) is 56.3 Å². The Labute approximate surface area is 85.5 Å². The van der Waals surface area contributed by atoms with Gasteiger partial charge in [-0.1, -0.05) is 42.5 Å². The van der Waals surface area contributed by atoms with Crippen molar-refractivity contribution in [3.8, 4) is 0 Å². The maximum absolute atomic E-state index is 11.1. The van der Waals surface area contributed by atoms with E-state index in [2.05, 4.69) is 0 Å². The highest BCUT2D eigenvalue weighted by atomic mass is 16.1. The third-order valence-corrected chi connectivity index (χ3v) is 2.47. The van der Waals surface area contributed by atoms with E-state index in [4.69, 9.17) is 0 Å². The number of allylic oxidation sites excluding steroid dienone is 2. The maximum atomic E-state index is 11.1. The van der Waals surface area contributed by atoms with Crippen molar-refractivity contribution in [2.24, 2.45) is 0 Å². The first-order chi connectivity index (χ1) is 6.73. The minimum atomic E-state index is -0.381. The normalized spacial score (nSPS) is 15.3. The van der Waals surface area contributed by atoms with Crippen LogP contribution in [0.15, 0.2) is 42.5 Å². The standard InChI is InChI=1S/C13H16O/c1-3-4-10-13(2,11-14)12-8-6-5-7-9-12/h3-9,11H,10H2,1-2H3/b4-3+/t13-/m0/s1. The average Bonchev–Trinajstić information content (AvgIpc) is 2.27. The molecule has 14 heavy (non-hydrogen) atoms. The largest absolute Gasteiger partial charge is 0.302 e. The molecule has 1 aromatic carbocycles. The molecule has 0 heterocycles. The molecule has 0 aliphatic heterocycles. The van der Waals surface area contributed by atoms with Crippen molar-refractivity contribution < 1.29 is 4.79 Å². The zero-order chi connectivity index (χ0) is 10.4. The first-order valence-electron chi connectivity index (χ1n) is 4.86. The van der Waals surface area contributed by atoms with Crippen molar-refractivity contribution in [1.29, 1.82) is 0 Å². The Morgan fingerprint density at radius 1 is 1.29 bits per heavy atom. The Kier molecular flexibility index (Phi) is 3.63. The zero-order valence-corrected chi connectivity index (χ0v) is 8.73. The van der Waals surface area contributed by atoms with Crippen molar-refractivity contribution in [2.75, 3.05) is 0 Å². The van der Waals surface area contributed by atoms with Gasteiger partial charge in [-0.05, 0) is 25.8 Å². The lowest BCUT2D eigenvalue weighted by molar-refractivity contribution is -0.112. The summed E-state index contributed by atoms with van der Waals surface area (Å²) in [6, 6.07) is 9.89. The number of hydrogen-bond acceptors (Lipinski definition) is 1. The zero-order valence-electron chi connectivity index (χ0n) is 8.73. The van der Waals surface area contributed by atoms with Crippen LogP contribution in [0.2, 0.25) is 0 Å². The first kappa shape index (κ1) is 10.7. The van der Waals surface area contributed by atoms with Gasteiger partial charge in [0.05, 0.1) is 5.41 Å². The fourth-order valence-corrected chi connectivity index (χ4v) is 1.42. The van der Waals surface area contributed by atoms with Crippen molar-refractivity contribution >= 4 is 6.29 Å². The number of benzene rings is 1. The van der Waals surface area contributed by atoms with Gasteiger partial charge in [0.1, 0.15) is 6.29 Å². The average molecular weight is 188 g/mol. The number of carbonyl (C=O) groups excluding carboxylic acids is 1. The second-order valence-corrected chi connectivity index (χ2v) is 3.67. The van der Waals surface area contributed by atoms with Crippen LogP contribution in [0.1, 0.15) is 25.8 Å². The van der Waals surface area contributed by atoms with E-state index in [1.165, 1.54) is 0 Å². The molecule has 0 saturated heterocycles.